The molecule has 0 aromatic carbocycles. The summed E-state index contributed by atoms with van der Waals surface area (Å²) in [6.45, 7) is 9.40. The molecule has 2 rings (SSSR count). The van der Waals surface area contributed by atoms with E-state index in [0.29, 0.717) is 24.2 Å². The van der Waals surface area contributed by atoms with Gasteiger partial charge in [0, 0.05) is 50.3 Å². The molecule has 0 spiro atoms. The number of rotatable bonds is 2. The lowest BCUT2D eigenvalue weighted by atomic mass is 9.98. The van der Waals surface area contributed by atoms with Gasteiger partial charge in [-0.3, -0.25) is 4.90 Å². The fourth-order valence-electron chi connectivity index (χ4n) is 3.64. The van der Waals surface area contributed by atoms with Crippen LogP contribution in [-0.4, -0.2) is 86.2 Å². The summed E-state index contributed by atoms with van der Waals surface area (Å²) in [6, 6.07) is 2.63. The number of nitrogens with zero attached hydrogens (tertiary/aromatic N) is 3. The van der Waals surface area contributed by atoms with Crippen molar-refractivity contribution >= 4 is 0 Å². The Bertz CT molecular complexity index is 261. The molecular weight excluding hydrogens is 224 g/mol. The molecule has 4 atom stereocenters. The Morgan fingerprint density at radius 1 is 0.944 bits per heavy atom. The van der Waals surface area contributed by atoms with Crippen molar-refractivity contribution in [1.82, 2.24) is 20.0 Å². The summed E-state index contributed by atoms with van der Waals surface area (Å²) in [7, 11) is 6.78. The molecule has 0 saturated carbocycles. The molecule has 106 valence electrons. The predicted octanol–water partition coefficient (Wildman–Crippen LogP) is 0.303. The third-order valence-electron chi connectivity index (χ3n) is 4.56. The van der Waals surface area contributed by atoms with Gasteiger partial charge in [0.05, 0.1) is 0 Å². The lowest BCUT2D eigenvalue weighted by molar-refractivity contribution is 0.0488. The van der Waals surface area contributed by atoms with Crippen LogP contribution in [0, 0.1) is 0 Å². The van der Waals surface area contributed by atoms with Crippen molar-refractivity contribution in [2.75, 3.05) is 47.3 Å². The van der Waals surface area contributed by atoms with Gasteiger partial charge in [-0.15, -0.1) is 0 Å². The highest BCUT2D eigenvalue weighted by atomic mass is 15.3. The fourth-order valence-corrected chi connectivity index (χ4v) is 3.64. The molecule has 0 amide bonds. The zero-order valence-corrected chi connectivity index (χ0v) is 12.7. The largest absolute Gasteiger partial charge is 0.309 e. The van der Waals surface area contributed by atoms with E-state index in [2.05, 4.69) is 55.0 Å². The number of nitrogens with one attached hydrogen (secondary N) is 1. The Balaban J connectivity index is 1.91. The Kier molecular flexibility index (Phi) is 4.64. The molecular formula is C14H30N4. The second-order valence-corrected chi connectivity index (χ2v) is 6.61. The van der Waals surface area contributed by atoms with Gasteiger partial charge in [0.25, 0.3) is 0 Å². The molecule has 0 aromatic heterocycles. The summed E-state index contributed by atoms with van der Waals surface area (Å²) in [5, 5.41) is 3.76. The van der Waals surface area contributed by atoms with Crippen LogP contribution in [0.4, 0.5) is 0 Å². The second kappa shape index (κ2) is 5.87. The first kappa shape index (κ1) is 14.3. The van der Waals surface area contributed by atoms with Gasteiger partial charge in [-0.1, -0.05) is 0 Å². The summed E-state index contributed by atoms with van der Waals surface area (Å²) in [4.78, 5) is 7.51. The highest BCUT2D eigenvalue weighted by molar-refractivity contribution is 4.90. The fraction of sp³-hybridized carbons (Fsp3) is 1.00. The summed E-state index contributed by atoms with van der Waals surface area (Å²) < 4.78 is 0. The van der Waals surface area contributed by atoms with Crippen LogP contribution < -0.4 is 5.32 Å². The molecule has 0 radical (unpaired) electrons. The maximum absolute atomic E-state index is 3.76. The number of hydrogen-bond acceptors (Lipinski definition) is 4. The minimum Gasteiger partial charge on any atom is -0.309 e. The molecule has 4 heteroatoms. The van der Waals surface area contributed by atoms with Crippen LogP contribution in [0.5, 0.6) is 0 Å². The van der Waals surface area contributed by atoms with Crippen LogP contribution >= 0.6 is 0 Å². The smallest absolute Gasteiger partial charge is 0.0238 e. The van der Waals surface area contributed by atoms with E-state index in [-0.39, 0.29) is 0 Å². The van der Waals surface area contributed by atoms with Crippen LogP contribution in [0.2, 0.25) is 0 Å². The Morgan fingerprint density at radius 3 is 2.28 bits per heavy atom. The van der Waals surface area contributed by atoms with E-state index in [1.807, 2.05) is 0 Å². The van der Waals surface area contributed by atoms with E-state index in [9.17, 15) is 0 Å². The maximum atomic E-state index is 3.76. The monoisotopic (exact) mass is 254 g/mol. The lowest BCUT2D eigenvalue weighted by Crippen LogP contribution is -2.60. The second-order valence-electron chi connectivity index (χ2n) is 6.61. The number of hydrogen-bond donors (Lipinski definition) is 1. The van der Waals surface area contributed by atoms with Crippen molar-refractivity contribution in [3.8, 4) is 0 Å². The topological polar surface area (TPSA) is 21.8 Å². The van der Waals surface area contributed by atoms with E-state index in [1.54, 1.807) is 0 Å². The van der Waals surface area contributed by atoms with Crippen molar-refractivity contribution in [3.05, 3.63) is 0 Å². The van der Waals surface area contributed by atoms with Gasteiger partial charge in [0.2, 0.25) is 0 Å². The molecule has 4 unspecified atom stereocenters. The SMILES string of the molecule is CC1CN(C)CC(CC2CN(C)CC(C)N2C)N1. The molecule has 1 N–H and O–H groups in total. The first-order chi connectivity index (χ1) is 8.45. The predicted molar refractivity (Wildman–Crippen MR) is 77.0 cm³/mol. The summed E-state index contributed by atoms with van der Waals surface area (Å²) >= 11 is 0. The van der Waals surface area contributed by atoms with E-state index in [0.717, 1.165) is 0 Å². The van der Waals surface area contributed by atoms with Crippen molar-refractivity contribution in [2.45, 2.75) is 44.4 Å². The highest BCUT2D eigenvalue weighted by Crippen LogP contribution is 2.18. The molecule has 4 nitrogen and oxygen atoms in total. The third-order valence-corrected chi connectivity index (χ3v) is 4.56. The maximum Gasteiger partial charge on any atom is 0.0238 e. The zero-order valence-electron chi connectivity index (χ0n) is 12.7. The van der Waals surface area contributed by atoms with Crippen LogP contribution in [0.3, 0.4) is 0 Å². The molecule has 0 aromatic rings. The van der Waals surface area contributed by atoms with Crippen molar-refractivity contribution in [1.29, 1.82) is 0 Å². The highest BCUT2D eigenvalue weighted by Gasteiger charge is 2.31. The third kappa shape index (κ3) is 3.44. The normalized spacial score (nSPS) is 41.2. The lowest BCUT2D eigenvalue weighted by Gasteiger charge is -2.45. The first-order valence-electron chi connectivity index (χ1n) is 7.30. The van der Waals surface area contributed by atoms with E-state index >= 15 is 0 Å². The van der Waals surface area contributed by atoms with E-state index in [1.165, 1.54) is 32.6 Å². The van der Waals surface area contributed by atoms with Gasteiger partial charge in [0.1, 0.15) is 0 Å². The number of likely N-dealkylation sites (N-methyl/N-ethyl adjacent to an activating group) is 3. The molecule has 2 heterocycles. The van der Waals surface area contributed by atoms with Crippen LogP contribution in [0.15, 0.2) is 0 Å². The van der Waals surface area contributed by atoms with Crippen molar-refractivity contribution < 1.29 is 0 Å². The minimum atomic E-state index is 0.623. The quantitative estimate of drug-likeness (QED) is 0.765. The first-order valence-corrected chi connectivity index (χ1v) is 7.30. The van der Waals surface area contributed by atoms with Crippen molar-refractivity contribution in [2.24, 2.45) is 0 Å². The molecule has 2 fully saturated rings. The minimum absolute atomic E-state index is 0.623. The Morgan fingerprint density at radius 2 is 1.61 bits per heavy atom. The summed E-state index contributed by atoms with van der Waals surface area (Å²) in [5.74, 6) is 0. The molecule has 0 bridgehead atoms. The van der Waals surface area contributed by atoms with Gasteiger partial charge >= 0.3 is 0 Å². The van der Waals surface area contributed by atoms with Crippen LogP contribution in [0.1, 0.15) is 20.3 Å². The average Bonchev–Trinajstić information content (AvgIpc) is 2.23. The van der Waals surface area contributed by atoms with E-state index < -0.39 is 0 Å². The van der Waals surface area contributed by atoms with Gasteiger partial charge in [0.15, 0.2) is 0 Å². The molecule has 2 aliphatic heterocycles. The Hall–Kier alpha value is -0.160. The Labute approximate surface area is 112 Å². The van der Waals surface area contributed by atoms with Gasteiger partial charge < -0.3 is 15.1 Å². The van der Waals surface area contributed by atoms with E-state index in [4.69, 9.17) is 0 Å². The van der Waals surface area contributed by atoms with Gasteiger partial charge in [-0.25, -0.2) is 0 Å². The van der Waals surface area contributed by atoms with Crippen molar-refractivity contribution in [3.63, 3.8) is 0 Å². The summed E-state index contributed by atoms with van der Waals surface area (Å²) in [6.07, 6.45) is 1.26. The zero-order chi connectivity index (χ0) is 13.3. The summed E-state index contributed by atoms with van der Waals surface area (Å²) in [5.41, 5.74) is 0. The average molecular weight is 254 g/mol. The molecule has 2 saturated heterocycles. The van der Waals surface area contributed by atoms with Crippen LogP contribution in [-0.2, 0) is 0 Å². The molecule has 0 aliphatic carbocycles. The van der Waals surface area contributed by atoms with Gasteiger partial charge in [-0.05, 0) is 41.4 Å². The molecule has 18 heavy (non-hydrogen) atoms. The standard InChI is InChI=1S/C14H30N4/c1-11-7-16(3)9-13(15-11)6-14-10-17(4)8-12(2)18(14)5/h11-15H,6-10H2,1-5H3. The van der Waals surface area contributed by atoms with Gasteiger partial charge in [-0.2, -0.15) is 0 Å². The molecule has 2 aliphatic rings. The van der Waals surface area contributed by atoms with Crippen LogP contribution in [0.25, 0.3) is 0 Å². The number of piperazine rings is 2.